The number of Topliss-reactive ketones (excluding diaryl/α,β-unsaturated/α-hetero) is 1. The molecule has 1 unspecified atom stereocenters. The van der Waals surface area contributed by atoms with Gasteiger partial charge in [0.25, 0.3) is 0 Å². The van der Waals surface area contributed by atoms with E-state index in [0.29, 0.717) is 5.57 Å². The Balaban J connectivity index is 1.56. The maximum Gasteiger partial charge on any atom is 0.173 e. The average Bonchev–Trinajstić information content (AvgIpc) is 3.45. The van der Waals surface area contributed by atoms with E-state index in [2.05, 4.69) is 45.0 Å². The number of aryl methyl sites for hydroxylation is 3. The van der Waals surface area contributed by atoms with E-state index < -0.39 is 0 Å². The van der Waals surface area contributed by atoms with Crippen molar-refractivity contribution in [2.75, 3.05) is 7.11 Å². The van der Waals surface area contributed by atoms with Gasteiger partial charge >= 0.3 is 0 Å². The van der Waals surface area contributed by atoms with Gasteiger partial charge in [0.05, 0.1) is 36.7 Å². The molecule has 2 heterocycles. The fourth-order valence-electron chi connectivity index (χ4n) is 6.10. The Kier molecular flexibility index (Phi) is 4.93. The number of hydrogen-bond acceptors (Lipinski definition) is 4. The molecule has 1 N–H and O–H groups in total. The highest BCUT2D eigenvalue weighted by molar-refractivity contribution is 6.26. The minimum Gasteiger partial charge on any atom is -0.511 e. The second kappa shape index (κ2) is 7.52. The number of carbonyl (C=O) groups is 1. The summed E-state index contributed by atoms with van der Waals surface area (Å²) in [5.74, 6) is 0.811. The number of methoxy groups -OCH3 is 1. The van der Waals surface area contributed by atoms with Gasteiger partial charge in [0.2, 0.25) is 0 Å². The van der Waals surface area contributed by atoms with Gasteiger partial charge in [0.15, 0.2) is 5.78 Å². The molecular weight excluding hydrogens is 388 g/mol. The minimum atomic E-state index is -0.259. The van der Waals surface area contributed by atoms with Gasteiger partial charge in [-0.15, -0.1) is 0 Å². The lowest BCUT2D eigenvalue weighted by Crippen LogP contribution is -2.33. The molecule has 2 bridgehead atoms. The van der Waals surface area contributed by atoms with Crippen LogP contribution in [-0.2, 0) is 22.4 Å². The largest absolute Gasteiger partial charge is 0.511 e. The lowest BCUT2D eigenvalue weighted by molar-refractivity contribution is -0.118. The van der Waals surface area contributed by atoms with Crippen LogP contribution in [0.3, 0.4) is 0 Å². The number of hydrogen-bond donors (Lipinski definition) is 1. The molecule has 2 aliphatic heterocycles. The Hall–Kier alpha value is -2.59. The standard InChI is InChI=1S/C27H30O4/c1-5-15-11-14(3)12-16(6-2)21(15)23-25(28)22-20-13-19(27(31-20)24(22)26(23)29)17-7-9-18(30-4)10-8-17/h7-12,19-20,22,24,27,29H,5-6,13H2,1-4H3/t19-,20-,22-,24?,27+/m0/s1. The molecule has 5 rings (SSSR count). The third kappa shape index (κ3) is 2.95. The smallest absolute Gasteiger partial charge is 0.173 e. The van der Waals surface area contributed by atoms with E-state index in [-0.39, 0.29) is 41.5 Å². The molecule has 0 radical (unpaired) electrons. The average molecular weight is 419 g/mol. The molecule has 0 amide bonds. The van der Waals surface area contributed by atoms with Crippen LogP contribution in [0.5, 0.6) is 5.75 Å². The number of aliphatic hydroxyl groups excluding tert-OH is 1. The molecule has 1 aliphatic carbocycles. The summed E-state index contributed by atoms with van der Waals surface area (Å²) in [6, 6.07) is 12.4. The van der Waals surface area contributed by atoms with E-state index >= 15 is 0 Å². The summed E-state index contributed by atoms with van der Waals surface area (Å²) in [5.41, 5.74) is 6.19. The molecule has 0 saturated carbocycles. The number of ether oxygens (including phenoxy) is 2. The van der Waals surface area contributed by atoms with Crippen LogP contribution in [0.15, 0.2) is 42.2 Å². The van der Waals surface area contributed by atoms with E-state index in [1.807, 2.05) is 12.1 Å². The number of ketones is 1. The molecule has 31 heavy (non-hydrogen) atoms. The van der Waals surface area contributed by atoms with Crippen LogP contribution in [0.25, 0.3) is 5.57 Å². The highest BCUT2D eigenvalue weighted by Crippen LogP contribution is 2.58. The lowest BCUT2D eigenvalue weighted by atomic mass is 9.72. The fraction of sp³-hybridized carbons (Fsp3) is 0.444. The predicted molar refractivity (Wildman–Crippen MR) is 120 cm³/mol. The Labute approximate surface area is 183 Å². The summed E-state index contributed by atoms with van der Waals surface area (Å²) in [6.45, 7) is 6.32. The Morgan fingerprint density at radius 2 is 1.71 bits per heavy atom. The number of fused-ring (bicyclic) bond motifs is 5. The highest BCUT2D eigenvalue weighted by Gasteiger charge is 2.62. The van der Waals surface area contributed by atoms with Crippen LogP contribution < -0.4 is 4.74 Å². The summed E-state index contributed by atoms with van der Waals surface area (Å²) < 4.78 is 11.6. The van der Waals surface area contributed by atoms with Crippen molar-refractivity contribution in [1.82, 2.24) is 0 Å². The molecule has 2 aromatic carbocycles. The molecule has 2 fully saturated rings. The van der Waals surface area contributed by atoms with Gasteiger partial charge in [-0.1, -0.05) is 43.7 Å². The van der Waals surface area contributed by atoms with Crippen molar-refractivity contribution in [2.45, 2.75) is 58.2 Å². The topological polar surface area (TPSA) is 55.8 Å². The molecule has 5 atom stereocenters. The van der Waals surface area contributed by atoms with Gasteiger partial charge in [-0.05, 0) is 60.6 Å². The zero-order valence-corrected chi connectivity index (χ0v) is 18.6. The van der Waals surface area contributed by atoms with E-state index in [0.717, 1.165) is 41.7 Å². The van der Waals surface area contributed by atoms with Crippen molar-refractivity contribution in [3.05, 3.63) is 70.0 Å². The molecule has 162 valence electrons. The maximum absolute atomic E-state index is 13.6. The summed E-state index contributed by atoms with van der Waals surface area (Å²) in [7, 11) is 1.66. The van der Waals surface area contributed by atoms with Gasteiger partial charge in [-0.25, -0.2) is 0 Å². The fourth-order valence-corrected chi connectivity index (χ4v) is 6.10. The lowest BCUT2D eigenvalue weighted by Gasteiger charge is -2.27. The number of allylic oxidation sites excluding steroid dienone is 1. The van der Waals surface area contributed by atoms with Gasteiger partial charge in [0, 0.05) is 5.92 Å². The highest BCUT2D eigenvalue weighted by atomic mass is 16.5. The summed E-state index contributed by atoms with van der Waals surface area (Å²) >= 11 is 0. The van der Waals surface area contributed by atoms with Crippen LogP contribution in [0.1, 0.15) is 54.0 Å². The van der Waals surface area contributed by atoms with Crippen molar-refractivity contribution >= 4 is 11.4 Å². The number of benzene rings is 2. The third-order valence-corrected chi connectivity index (χ3v) is 7.48. The second-order valence-electron chi connectivity index (χ2n) is 9.10. The van der Waals surface area contributed by atoms with Crippen molar-refractivity contribution in [2.24, 2.45) is 11.8 Å². The number of carbonyl (C=O) groups excluding carboxylic acids is 1. The van der Waals surface area contributed by atoms with Crippen molar-refractivity contribution in [1.29, 1.82) is 0 Å². The second-order valence-corrected chi connectivity index (χ2v) is 9.10. The van der Waals surface area contributed by atoms with Crippen molar-refractivity contribution in [3.8, 4) is 5.75 Å². The zero-order valence-electron chi connectivity index (χ0n) is 18.6. The molecular formula is C27H30O4. The van der Waals surface area contributed by atoms with Gasteiger partial charge in [0.1, 0.15) is 11.5 Å². The summed E-state index contributed by atoms with van der Waals surface area (Å²) in [6.07, 6.45) is 2.20. The quantitative estimate of drug-likeness (QED) is 0.728. The Bertz CT molecular complexity index is 1040. The predicted octanol–water partition coefficient (Wildman–Crippen LogP) is 5.17. The first-order valence-electron chi connectivity index (χ1n) is 11.4. The molecule has 2 saturated heterocycles. The summed E-state index contributed by atoms with van der Waals surface area (Å²) in [5, 5.41) is 11.4. The first-order valence-corrected chi connectivity index (χ1v) is 11.4. The molecule has 0 aromatic heterocycles. The normalized spacial score (nSPS) is 29.0. The van der Waals surface area contributed by atoms with E-state index in [4.69, 9.17) is 9.47 Å². The van der Waals surface area contributed by atoms with Crippen LogP contribution in [0, 0.1) is 18.8 Å². The summed E-state index contributed by atoms with van der Waals surface area (Å²) in [4.78, 5) is 13.6. The number of rotatable bonds is 5. The first-order chi connectivity index (χ1) is 15.0. The molecule has 3 aliphatic rings. The molecule has 4 nitrogen and oxygen atoms in total. The van der Waals surface area contributed by atoms with E-state index in [9.17, 15) is 9.90 Å². The van der Waals surface area contributed by atoms with Gasteiger partial charge in [-0.2, -0.15) is 0 Å². The van der Waals surface area contributed by atoms with Gasteiger partial charge in [-0.3, -0.25) is 4.79 Å². The minimum absolute atomic E-state index is 0.0661. The van der Waals surface area contributed by atoms with Crippen molar-refractivity contribution in [3.63, 3.8) is 0 Å². The molecule has 4 heteroatoms. The molecule has 2 aromatic rings. The van der Waals surface area contributed by atoms with Crippen LogP contribution >= 0.6 is 0 Å². The molecule has 0 spiro atoms. The zero-order chi connectivity index (χ0) is 21.9. The van der Waals surface area contributed by atoms with Gasteiger partial charge < -0.3 is 14.6 Å². The van der Waals surface area contributed by atoms with Crippen LogP contribution in [0.2, 0.25) is 0 Å². The van der Waals surface area contributed by atoms with E-state index in [1.54, 1.807) is 7.11 Å². The van der Waals surface area contributed by atoms with E-state index in [1.165, 1.54) is 11.1 Å². The Morgan fingerprint density at radius 3 is 2.29 bits per heavy atom. The van der Waals surface area contributed by atoms with Crippen molar-refractivity contribution < 1.29 is 19.4 Å². The first kappa shape index (κ1) is 20.3. The third-order valence-electron chi connectivity index (χ3n) is 7.48. The SMILES string of the molecule is CCc1cc(C)cc(CC)c1C1=C(O)C2[C@@H](C1=O)[C@@H]1C[C@@H](c3ccc(OC)cc3)[C@H]2O1. The monoisotopic (exact) mass is 418 g/mol. The van der Waals surface area contributed by atoms with Crippen LogP contribution in [-0.4, -0.2) is 30.2 Å². The number of aliphatic hydroxyl groups is 1. The maximum atomic E-state index is 13.6. The Morgan fingerprint density at radius 1 is 1.06 bits per heavy atom. The van der Waals surface area contributed by atoms with Crippen LogP contribution in [0.4, 0.5) is 0 Å².